The molecule has 4 heterocycles. The monoisotopic (exact) mass is 579 g/mol. The Labute approximate surface area is 246 Å². The second-order valence-corrected chi connectivity index (χ2v) is 11.9. The van der Waals surface area contributed by atoms with E-state index in [4.69, 9.17) is 9.47 Å². The molecule has 1 N–H and O–H groups in total. The molecule has 11 nitrogen and oxygen atoms in total. The molecule has 0 aliphatic carbocycles. The highest BCUT2D eigenvalue weighted by molar-refractivity contribution is 5.98. The minimum absolute atomic E-state index is 0.0314. The lowest BCUT2D eigenvalue weighted by molar-refractivity contribution is -0.161. The van der Waals surface area contributed by atoms with Crippen LogP contribution >= 0.6 is 0 Å². The number of fused-ring (bicyclic) bond motifs is 2. The molecule has 11 heteroatoms. The number of rotatable bonds is 14. The molecule has 5 rings (SSSR count). The van der Waals surface area contributed by atoms with Gasteiger partial charge in [0.2, 0.25) is 11.8 Å². The van der Waals surface area contributed by atoms with Crippen LogP contribution < -0.4 is 0 Å². The number of hydrogen-bond donors (Lipinski definition) is 1. The fourth-order valence-corrected chi connectivity index (χ4v) is 7.32. The minimum Gasteiger partial charge on any atom is -0.461 e. The van der Waals surface area contributed by atoms with Crippen LogP contribution in [-0.2, 0) is 30.5 Å². The van der Waals surface area contributed by atoms with Crippen molar-refractivity contribution in [2.75, 3.05) is 26.3 Å². The van der Waals surface area contributed by atoms with Gasteiger partial charge in [-0.05, 0) is 44.2 Å². The first-order valence-electron chi connectivity index (χ1n) is 14.8. The highest BCUT2D eigenvalue weighted by atomic mass is 16.6. The third-order valence-electron chi connectivity index (χ3n) is 9.34. The predicted octanol–water partition coefficient (Wildman–Crippen LogP) is 2.70. The van der Waals surface area contributed by atoms with Crippen LogP contribution in [0.5, 0.6) is 0 Å². The molecule has 1 spiro atoms. The number of amides is 2. The van der Waals surface area contributed by atoms with Gasteiger partial charge in [0.15, 0.2) is 0 Å². The van der Waals surface area contributed by atoms with Gasteiger partial charge < -0.3 is 24.4 Å². The molecule has 0 radical (unpaired) electrons. The van der Waals surface area contributed by atoms with Gasteiger partial charge in [0.25, 0.3) is 0 Å². The maximum absolute atomic E-state index is 14.7. The van der Waals surface area contributed by atoms with Crippen LogP contribution in [0, 0.1) is 17.8 Å². The van der Waals surface area contributed by atoms with Crippen LogP contribution in [0.15, 0.2) is 49.6 Å². The molecule has 3 aliphatic heterocycles. The molecule has 2 bridgehead atoms. The fraction of sp³-hybridized carbons (Fsp3) is 0.581. The van der Waals surface area contributed by atoms with Crippen molar-refractivity contribution in [3.05, 3.63) is 49.6 Å². The van der Waals surface area contributed by atoms with Crippen molar-refractivity contribution in [3.63, 3.8) is 0 Å². The summed E-state index contributed by atoms with van der Waals surface area (Å²) >= 11 is 0. The molecule has 226 valence electrons. The summed E-state index contributed by atoms with van der Waals surface area (Å²) in [6.45, 7) is 12.2. The lowest BCUT2D eigenvalue weighted by atomic mass is 9.62. The number of nitrogens with zero attached hydrogens (tertiary/aromatic N) is 5. The van der Waals surface area contributed by atoms with Crippen LogP contribution in [0.25, 0.3) is 11.0 Å². The summed E-state index contributed by atoms with van der Waals surface area (Å²) in [6.07, 6.45) is 6.56. The van der Waals surface area contributed by atoms with E-state index in [9.17, 15) is 19.5 Å². The summed E-state index contributed by atoms with van der Waals surface area (Å²) in [4.78, 5) is 45.6. The van der Waals surface area contributed by atoms with E-state index in [0.29, 0.717) is 31.3 Å². The Bertz CT molecular complexity index is 1360. The van der Waals surface area contributed by atoms with Crippen LogP contribution in [0.3, 0.4) is 0 Å². The first kappa shape index (κ1) is 29.9. The molecular formula is C31H41N5O6. The SMILES string of the molecule is C=CCOC(=O)[C@H]1[C@H]2C(=O)N(CCCCCCO)C(C(=O)N(CC=C)Cn3nnc4ccccc43)C23CC(C)[C@]1(C)O3. The Morgan fingerprint density at radius 3 is 2.71 bits per heavy atom. The zero-order valence-electron chi connectivity index (χ0n) is 24.5. The Kier molecular flexibility index (Phi) is 8.52. The number of likely N-dealkylation sites (tertiary alicyclic amines) is 1. The minimum atomic E-state index is -1.17. The number of aliphatic hydroxyl groups is 1. The fourth-order valence-electron chi connectivity index (χ4n) is 7.32. The molecule has 0 saturated carbocycles. The number of esters is 1. The van der Waals surface area contributed by atoms with Crippen molar-refractivity contribution >= 4 is 28.8 Å². The van der Waals surface area contributed by atoms with Gasteiger partial charge in [0.1, 0.15) is 36.4 Å². The summed E-state index contributed by atoms with van der Waals surface area (Å²) in [5.41, 5.74) is -0.629. The van der Waals surface area contributed by atoms with E-state index >= 15 is 0 Å². The van der Waals surface area contributed by atoms with Crippen LogP contribution in [0.2, 0.25) is 0 Å². The molecule has 2 amide bonds. The maximum Gasteiger partial charge on any atom is 0.313 e. The standard InChI is InChI=1S/C31H41N5O6/c1-5-15-34(20-36-23-14-10-9-13-22(23)32-33-36)28(39)26-31-19-21(3)30(4,42-31)25(29(40)41-18-6-2)24(31)27(38)35(26)16-11-7-8-12-17-37/h5-6,9-10,13-14,21,24-26,37H,1-2,7-8,11-12,15-20H2,3-4H3/t21?,24-,25+,26?,30-,31?/m0/s1. The number of carbonyl (C=O) groups excluding carboxylic acids is 3. The largest absolute Gasteiger partial charge is 0.461 e. The average molecular weight is 580 g/mol. The van der Waals surface area contributed by atoms with Crippen molar-refractivity contribution in [1.82, 2.24) is 24.8 Å². The first-order valence-corrected chi connectivity index (χ1v) is 14.8. The van der Waals surface area contributed by atoms with Crippen LogP contribution in [0.1, 0.15) is 46.0 Å². The third-order valence-corrected chi connectivity index (χ3v) is 9.34. The number of benzene rings is 1. The number of aliphatic hydroxyl groups excluding tert-OH is 1. The van der Waals surface area contributed by atoms with E-state index < -0.39 is 35.0 Å². The highest BCUT2D eigenvalue weighted by Gasteiger charge is 2.80. The average Bonchev–Trinajstić information content (AvgIpc) is 3.64. The summed E-state index contributed by atoms with van der Waals surface area (Å²) in [5, 5.41) is 17.7. The summed E-state index contributed by atoms with van der Waals surface area (Å²) < 4.78 is 13.9. The molecule has 3 fully saturated rings. The zero-order chi connectivity index (χ0) is 30.1. The van der Waals surface area contributed by atoms with Gasteiger partial charge in [-0.15, -0.1) is 11.7 Å². The molecular weight excluding hydrogens is 538 g/mol. The van der Waals surface area contributed by atoms with Gasteiger partial charge in [0, 0.05) is 19.7 Å². The van der Waals surface area contributed by atoms with Gasteiger partial charge in [-0.2, -0.15) is 0 Å². The van der Waals surface area contributed by atoms with Crippen molar-refractivity contribution < 1.29 is 29.0 Å². The van der Waals surface area contributed by atoms with Crippen molar-refractivity contribution in [2.24, 2.45) is 17.8 Å². The van der Waals surface area contributed by atoms with Crippen molar-refractivity contribution in [1.29, 1.82) is 0 Å². The molecule has 1 aromatic carbocycles. The molecule has 3 unspecified atom stereocenters. The molecule has 42 heavy (non-hydrogen) atoms. The van der Waals surface area contributed by atoms with E-state index in [1.807, 2.05) is 38.1 Å². The Morgan fingerprint density at radius 1 is 1.21 bits per heavy atom. The summed E-state index contributed by atoms with van der Waals surface area (Å²) in [7, 11) is 0. The number of unbranched alkanes of at least 4 members (excludes halogenated alkanes) is 3. The van der Waals surface area contributed by atoms with E-state index in [0.717, 1.165) is 18.4 Å². The van der Waals surface area contributed by atoms with Crippen molar-refractivity contribution in [2.45, 2.75) is 69.9 Å². The van der Waals surface area contributed by atoms with Gasteiger partial charge in [-0.1, -0.05) is 55.8 Å². The molecule has 3 saturated heterocycles. The summed E-state index contributed by atoms with van der Waals surface area (Å²) in [6, 6.07) is 6.58. The number of aromatic nitrogens is 3. The van der Waals surface area contributed by atoms with Crippen LogP contribution in [-0.4, -0.2) is 91.2 Å². The summed E-state index contributed by atoms with van der Waals surface area (Å²) in [5.74, 6) is -2.80. The topological polar surface area (TPSA) is 127 Å². The second-order valence-electron chi connectivity index (χ2n) is 11.9. The second kappa shape index (κ2) is 12.0. The van der Waals surface area contributed by atoms with Gasteiger partial charge in [-0.3, -0.25) is 14.4 Å². The Morgan fingerprint density at radius 2 is 1.98 bits per heavy atom. The van der Waals surface area contributed by atoms with Crippen molar-refractivity contribution in [3.8, 4) is 0 Å². The number of ether oxygens (including phenoxy) is 2. The normalized spacial score (nSPS) is 29.6. The quantitative estimate of drug-likeness (QED) is 0.206. The third kappa shape index (κ3) is 4.82. The van der Waals surface area contributed by atoms with E-state index in [1.165, 1.54) is 6.08 Å². The van der Waals surface area contributed by atoms with E-state index in [2.05, 4.69) is 23.5 Å². The van der Waals surface area contributed by atoms with Gasteiger partial charge in [-0.25, -0.2) is 4.68 Å². The lowest BCUT2D eigenvalue weighted by Gasteiger charge is -2.37. The molecule has 6 atom stereocenters. The zero-order valence-corrected chi connectivity index (χ0v) is 24.5. The molecule has 1 aromatic heterocycles. The van der Waals surface area contributed by atoms with Crippen LogP contribution in [0.4, 0.5) is 0 Å². The predicted molar refractivity (Wildman–Crippen MR) is 155 cm³/mol. The molecule has 3 aliphatic rings. The lowest BCUT2D eigenvalue weighted by Crippen LogP contribution is -2.56. The smallest absolute Gasteiger partial charge is 0.313 e. The van der Waals surface area contributed by atoms with Gasteiger partial charge in [0.05, 0.1) is 17.0 Å². The van der Waals surface area contributed by atoms with E-state index in [1.54, 1.807) is 20.6 Å². The maximum atomic E-state index is 14.7. The molecule has 2 aromatic rings. The first-order chi connectivity index (χ1) is 20.2. The Balaban J connectivity index is 1.52. The number of para-hydroxylation sites is 1. The number of hydrogen-bond acceptors (Lipinski definition) is 8. The van der Waals surface area contributed by atoms with Gasteiger partial charge >= 0.3 is 5.97 Å². The van der Waals surface area contributed by atoms with E-state index in [-0.39, 0.29) is 44.2 Å². The highest BCUT2D eigenvalue weighted by Crippen LogP contribution is 2.65. The Hall–Kier alpha value is -3.57. The number of carbonyl (C=O) groups is 3.